The highest BCUT2D eigenvalue weighted by Gasteiger charge is 2.67. The zero-order valence-electron chi connectivity index (χ0n) is 17.2. The Morgan fingerprint density at radius 1 is 0.875 bits per heavy atom. The number of hydrogen-bond acceptors (Lipinski definition) is 3. The topological polar surface area (TPSA) is 66.5 Å². The predicted molar refractivity (Wildman–Crippen MR) is 125 cm³/mol. The maximum absolute atomic E-state index is 13.8. The van der Waals surface area contributed by atoms with Crippen LogP contribution in [0.15, 0.2) is 72.8 Å². The average molecular weight is 487 g/mol. The first-order chi connectivity index (χ1) is 15.4. The molecule has 0 spiro atoms. The Kier molecular flexibility index (Phi) is 4.02. The van der Waals surface area contributed by atoms with Gasteiger partial charge < -0.3 is 5.32 Å². The first kappa shape index (κ1) is 19.4. The van der Waals surface area contributed by atoms with Gasteiger partial charge in [-0.05, 0) is 46.5 Å². The lowest BCUT2D eigenvalue weighted by Crippen LogP contribution is -2.50. The summed E-state index contributed by atoms with van der Waals surface area (Å²) in [5, 5.41) is 2.71. The van der Waals surface area contributed by atoms with Crippen molar-refractivity contribution in [3.63, 3.8) is 0 Å². The number of nitrogens with one attached hydrogen (secondary N) is 1. The minimum atomic E-state index is -0.753. The van der Waals surface area contributed by atoms with Crippen LogP contribution in [0, 0.1) is 11.8 Å². The summed E-state index contributed by atoms with van der Waals surface area (Å²) in [5.41, 5.74) is 5.48. The number of amides is 3. The fraction of sp³-hybridized carbons (Fsp3) is 0.192. The third kappa shape index (κ3) is 2.36. The van der Waals surface area contributed by atoms with Gasteiger partial charge in [0, 0.05) is 18.5 Å². The number of halogens is 1. The quantitative estimate of drug-likeness (QED) is 0.426. The number of alkyl halides is 1. The van der Waals surface area contributed by atoms with Gasteiger partial charge in [-0.1, -0.05) is 64.5 Å². The van der Waals surface area contributed by atoms with Crippen molar-refractivity contribution in [1.82, 2.24) is 0 Å². The van der Waals surface area contributed by atoms with Gasteiger partial charge >= 0.3 is 0 Å². The molecule has 0 radical (unpaired) electrons. The van der Waals surface area contributed by atoms with Crippen molar-refractivity contribution >= 4 is 45.0 Å². The molecule has 3 aliphatic carbocycles. The van der Waals surface area contributed by atoms with Gasteiger partial charge in [0.05, 0.1) is 21.8 Å². The monoisotopic (exact) mass is 486 g/mol. The van der Waals surface area contributed by atoms with E-state index >= 15 is 0 Å². The highest BCUT2D eigenvalue weighted by atomic mass is 79.9. The molecule has 6 heteroatoms. The second-order valence-corrected chi connectivity index (χ2v) is 9.86. The SMILES string of the molecule is CC(=O)Nc1ccc(N2C(=O)C3C4c5ccccc5C(Br)(c5ccccc54)C3C2=O)cc1. The fourth-order valence-electron chi connectivity index (χ4n) is 5.83. The number of imide groups is 1. The van der Waals surface area contributed by atoms with E-state index in [1.807, 2.05) is 24.3 Å². The van der Waals surface area contributed by atoms with E-state index in [0.717, 1.165) is 22.3 Å². The number of benzene rings is 3. The molecule has 5 nitrogen and oxygen atoms in total. The van der Waals surface area contributed by atoms with Gasteiger partial charge in [0.25, 0.3) is 0 Å². The van der Waals surface area contributed by atoms with E-state index in [2.05, 4.69) is 45.5 Å². The maximum atomic E-state index is 13.8. The molecule has 3 amide bonds. The third-order valence-corrected chi connectivity index (χ3v) is 8.31. The number of hydrogen-bond donors (Lipinski definition) is 1. The zero-order valence-corrected chi connectivity index (χ0v) is 18.8. The minimum absolute atomic E-state index is 0.160. The maximum Gasteiger partial charge on any atom is 0.239 e. The minimum Gasteiger partial charge on any atom is -0.326 e. The van der Waals surface area contributed by atoms with Crippen molar-refractivity contribution in [1.29, 1.82) is 0 Å². The Bertz CT molecular complexity index is 1270. The van der Waals surface area contributed by atoms with Gasteiger partial charge in [-0.15, -0.1) is 0 Å². The Hall–Kier alpha value is -3.25. The molecule has 2 atom stereocenters. The molecule has 3 aromatic carbocycles. The number of carbonyl (C=O) groups excluding carboxylic acids is 3. The van der Waals surface area contributed by atoms with Gasteiger partial charge in [0.1, 0.15) is 0 Å². The van der Waals surface area contributed by atoms with Gasteiger partial charge in [0.2, 0.25) is 17.7 Å². The van der Waals surface area contributed by atoms with Gasteiger partial charge in [0.15, 0.2) is 0 Å². The second-order valence-electron chi connectivity index (χ2n) is 8.61. The molecule has 4 aliphatic rings. The summed E-state index contributed by atoms with van der Waals surface area (Å²) >= 11 is 4.00. The number of rotatable bonds is 2. The van der Waals surface area contributed by atoms with Crippen LogP contribution >= 0.6 is 15.9 Å². The highest BCUT2D eigenvalue weighted by Crippen LogP contribution is 2.66. The molecule has 0 aromatic heterocycles. The van der Waals surface area contributed by atoms with Crippen LogP contribution in [0.4, 0.5) is 11.4 Å². The summed E-state index contributed by atoms with van der Waals surface area (Å²) in [6, 6.07) is 23.1. The number of nitrogens with zero attached hydrogens (tertiary/aromatic N) is 1. The number of carbonyl (C=O) groups is 3. The van der Waals surface area contributed by atoms with E-state index in [4.69, 9.17) is 0 Å². The van der Waals surface area contributed by atoms with Gasteiger partial charge in [-0.2, -0.15) is 0 Å². The Labute approximate surface area is 193 Å². The van der Waals surface area contributed by atoms with Crippen LogP contribution < -0.4 is 10.2 Å². The average Bonchev–Trinajstić information content (AvgIpc) is 3.06. The van der Waals surface area contributed by atoms with Crippen molar-refractivity contribution in [3.8, 4) is 0 Å². The lowest BCUT2D eigenvalue weighted by molar-refractivity contribution is -0.122. The molecule has 1 heterocycles. The molecule has 1 aliphatic heterocycles. The first-order valence-electron chi connectivity index (χ1n) is 10.6. The Balaban J connectivity index is 1.50. The molecular weight excluding hydrogens is 468 g/mol. The summed E-state index contributed by atoms with van der Waals surface area (Å²) in [5.74, 6) is -1.71. The van der Waals surface area contributed by atoms with Crippen molar-refractivity contribution < 1.29 is 14.4 Å². The largest absolute Gasteiger partial charge is 0.326 e. The summed E-state index contributed by atoms with van der Waals surface area (Å²) in [6.07, 6.45) is 0. The van der Waals surface area contributed by atoms with Crippen LogP contribution in [-0.2, 0) is 18.7 Å². The van der Waals surface area contributed by atoms with Crippen molar-refractivity contribution in [2.24, 2.45) is 11.8 Å². The zero-order chi connectivity index (χ0) is 22.2. The van der Waals surface area contributed by atoms with E-state index in [1.54, 1.807) is 24.3 Å². The molecule has 0 saturated carbocycles. The molecule has 3 aromatic rings. The molecule has 1 saturated heterocycles. The summed E-state index contributed by atoms with van der Waals surface area (Å²) in [4.78, 5) is 40.3. The van der Waals surface area contributed by atoms with E-state index in [9.17, 15) is 14.4 Å². The third-order valence-electron chi connectivity index (χ3n) is 6.96. The summed E-state index contributed by atoms with van der Waals surface area (Å²) in [6.45, 7) is 1.44. The molecule has 2 bridgehead atoms. The summed E-state index contributed by atoms with van der Waals surface area (Å²) in [7, 11) is 0. The standard InChI is InChI=1S/C26H19BrN2O3/c1-14(30)28-15-10-12-16(13-11-15)29-24(31)22-21-17-6-2-4-8-19(17)26(27,23(22)25(29)32)20-9-5-3-7-18(20)21/h2-13,21-23H,1H3,(H,28,30). The molecule has 1 fully saturated rings. The normalized spacial score (nSPS) is 27.1. The predicted octanol–water partition coefficient (Wildman–Crippen LogP) is 4.55. The van der Waals surface area contributed by atoms with Crippen LogP contribution in [0.3, 0.4) is 0 Å². The van der Waals surface area contributed by atoms with Crippen molar-refractivity contribution in [3.05, 3.63) is 95.1 Å². The Morgan fingerprint density at radius 3 is 2.00 bits per heavy atom. The first-order valence-corrected chi connectivity index (χ1v) is 11.4. The lowest BCUT2D eigenvalue weighted by atomic mass is 9.55. The van der Waals surface area contributed by atoms with E-state index < -0.39 is 16.2 Å². The second kappa shape index (κ2) is 6.62. The van der Waals surface area contributed by atoms with Crippen LogP contribution in [0.5, 0.6) is 0 Å². The molecule has 1 N–H and O–H groups in total. The van der Waals surface area contributed by atoms with Crippen molar-refractivity contribution in [2.75, 3.05) is 10.2 Å². The van der Waals surface area contributed by atoms with Crippen LogP contribution in [0.25, 0.3) is 0 Å². The lowest BCUT2D eigenvalue weighted by Gasteiger charge is -2.51. The summed E-state index contributed by atoms with van der Waals surface area (Å²) < 4.78 is -0.753. The highest BCUT2D eigenvalue weighted by molar-refractivity contribution is 9.09. The van der Waals surface area contributed by atoms with Crippen LogP contribution in [-0.4, -0.2) is 17.7 Å². The smallest absolute Gasteiger partial charge is 0.239 e. The van der Waals surface area contributed by atoms with E-state index in [1.165, 1.54) is 11.8 Å². The molecule has 32 heavy (non-hydrogen) atoms. The molecule has 7 rings (SSSR count). The molecule has 2 unspecified atom stereocenters. The fourth-order valence-corrected chi connectivity index (χ4v) is 7.03. The van der Waals surface area contributed by atoms with Crippen molar-refractivity contribution in [2.45, 2.75) is 17.2 Å². The molecule has 158 valence electrons. The van der Waals surface area contributed by atoms with E-state index in [0.29, 0.717) is 11.4 Å². The molecular formula is C26H19BrN2O3. The van der Waals surface area contributed by atoms with Gasteiger partial charge in [-0.3, -0.25) is 14.4 Å². The number of anilines is 2. The van der Waals surface area contributed by atoms with Crippen LogP contribution in [0.1, 0.15) is 35.1 Å². The van der Waals surface area contributed by atoms with Crippen LogP contribution in [0.2, 0.25) is 0 Å². The van der Waals surface area contributed by atoms with E-state index in [-0.39, 0.29) is 23.6 Å². The Morgan fingerprint density at radius 2 is 1.44 bits per heavy atom. The van der Waals surface area contributed by atoms with Gasteiger partial charge in [-0.25, -0.2) is 4.90 Å².